The van der Waals surface area contributed by atoms with Gasteiger partial charge in [0.25, 0.3) is 0 Å². The van der Waals surface area contributed by atoms with Gasteiger partial charge < -0.3 is 4.74 Å². The first-order valence-corrected chi connectivity index (χ1v) is 6.99. The summed E-state index contributed by atoms with van der Waals surface area (Å²) < 4.78 is 18.1. The molecule has 0 spiro atoms. The van der Waals surface area contributed by atoms with E-state index in [-0.39, 0.29) is 21.7 Å². The van der Waals surface area contributed by atoms with Gasteiger partial charge in [-0.15, -0.1) is 0 Å². The van der Waals surface area contributed by atoms with E-state index in [1.807, 2.05) is 0 Å². The van der Waals surface area contributed by atoms with Crippen molar-refractivity contribution in [2.24, 2.45) is 10.9 Å². The number of Topliss-reactive ketones (excluding diaryl/α,β-unsaturated/α-hetero) is 1. The number of halogens is 3. The maximum absolute atomic E-state index is 13.5. The summed E-state index contributed by atoms with van der Waals surface area (Å²) in [4.78, 5) is 28.2. The van der Waals surface area contributed by atoms with Gasteiger partial charge in [-0.05, 0) is 25.0 Å². The lowest BCUT2D eigenvalue weighted by molar-refractivity contribution is -0.141. The third-order valence-corrected chi connectivity index (χ3v) is 3.61. The van der Waals surface area contributed by atoms with Crippen molar-refractivity contribution in [3.63, 3.8) is 0 Å². The molecule has 1 aliphatic carbocycles. The number of nitrogens with zero attached hydrogens (tertiary/aromatic N) is 1. The van der Waals surface area contributed by atoms with Crippen LogP contribution in [0.15, 0.2) is 17.1 Å². The van der Waals surface area contributed by atoms with Crippen molar-refractivity contribution in [1.29, 1.82) is 0 Å². The lowest BCUT2D eigenvalue weighted by Gasteiger charge is -2.11. The first-order chi connectivity index (χ1) is 9.93. The monoisotopic (exact) mass is 331 g/mol. The summed E-state index contributed by atoms with van der Waals surface area (Å²) in [6, 6.07) is 2.17. The largest absolute Gasteiger partial charge is 0.468 e. The smallest absolute Gasteiger partial charge is 0.322 e. The normalized spacial score (nSPS) is 16.0. The minimum absolute atomic E-state index is 0.0277. The predicted octanol–water partition coefficient (Wildman–Crippen LogP) is 3.34. The Kier molecular flexibility index (Phi) is 4.96. The Morgan fingerprint density at radius 1 is 1.38 bits per heavy atom. The Morgan fingerprint density at radius 3 is 2.62 bits per heavy atom. The van der Waals surface area contributed by atoms with Crippen LogP contribution >= 0.6 is 23.2 Å². The molecule has 21 heavy (non-hydrogen) atoms. The number of ketones is 1. The number of benzene rings is 1. The van der Waals surface area contributed by atoms with Crippen LogP contribution in [0.25, 0.3) is 0 Å². The van der Waals surface area contributed by atoms with Crippen LogP contribution in [-0.4, -0.2) is 31.1 Å². The molecule has 0 aliphatic heterocycles. The number of esters is 1. The van der Waals surface area contributed by atoms with Gasteiger partial charge in [0, 0.05) is 17.8 Å². The van der Waals surface area contributed by atoms with E-state index < -0.39 is 23.5 Å². The molecule has 0 heterocycles. The van der Waals surface area contributed by atoms with Crippen LogP contribution < -0.4 is 0 Å². The number of rotatable bonds is 5. The SMILES string of the molecule is COC(=O)C(C=NC1CC1)C(=O)c1cc(F)c(Cl)cc1Cl. The maximum atomic E-state index is 13.5. The van der Waals surface area contributed by atoms with Crippen molar-refractivity contribution in [3.8, 4) is 0 Å². The summed E-state index contributed by atoms with van der Waals surface area (Å²) in [6.45, 7) is 0. The average Bonchev–Trinajstić information content (AvgIpc) is 3.26. The molecule has 0 radical (unpaired) electrons. The van der Waals surface area contributed by atoms with E-state index in [1.54, 1.807) is 0 Å². The third-order valence-electron chi connectivity index (χ3n) is 3.01. The second kappa shape index (κ2) is 6.54. The predicted molar refractivity (Wildman–Crippen MR) is 77.8 cm³/mol. The van der Waals surface area contributed by atoms with Gasteiger partial charge in [-0.25, -0.2) is 4.39 Å². The summed E-state index contributed by atoms with van der Waals surface area (Å²) in [6.07, 6.45) is 3.10. The molecule has 112 valence electrons. The molecule has 1 aromatic carbocycles. The van der Waals surface area contributed by atoms with Crippen LogP contribution in [0.1, 0.15) is 23.2 Å². The van der Waals surface area contributed by atoms with Crippen molar-refractivity contribution >= 4 is 41.2 Å². The molecular weight excluding hydrogens is 320 g/mol. The molecule has 1 saturated carbocycles. The van der Waals surface area contributed by atoms with Crippen molar-refractivity contribution in [2.75, 3.05) is 7.11 Å². The number of hydrogen-bond donors (Lipinski definition) is 0. The minimum atomic E-state index is -1.24. The van der Waals surface area contributed by atoms with Gasteiger partial charge in [0.1, 0.15) is 5.82 Å². The van der Waals surface area contributed by atoms with Crippen LogP contribution in [0, 0.1) is 11.7 Å². The van der Waals surface area contributed by atoms with Gasteiger partial charge in [0.15, 0.2) is 11.7 Å². The van der Waals surface area contributed by atoms with Gasteiger partial charge in [-0.1, -0.05) is 23.2 Å². The van der Waals surface area contributed by atoms with Crippen LogP contribution in [0.4, 0.5) is 4.39 Å². The van der Waals surface area contributed by atoms with Crippen molar-refractivity contribution in [1.82, 2.24) is 0 Å². The van der Waals surface area contributed by atoms with Gasteiger partial charge in [-0.2, -0.15) is 0 Å². The van der Waals surface area contributed by atoms with E-state index in [1.165, 1.54) is 6.21 Å². The van der Waals surface area contributed by atoms with Crippen molar-refractivity contribution in [3.05, 3.63) is 33.6 Å². The van der Waals surface area contributed by atoms with Crippen LogP contribution in [-0.2, 0) is 9.53 Å². The summed E-state index contributed by atoms with van der Waals surface area (Å²) in [5.41, 5.74) is -0.129. The average molecular weight is 332 g/mol. The fourth-order valence-corrected chi connectivity index (χ4v) is 2.15. The van der Waals surface area contributed by atoms with Gasteiger partial charge in [-0.3, -0.25) is 14.6 Å². The molecule has 0 N–H and O–H groups in total. The molecule has 0 saturated heterocycles. The van der Waals surface area contributed by atoms with Gasteiger partial charge in [0.05, 0.1) is 17.2 Å². The molecule has 1 aliphatic rings. The molecule has 2 rings (SSSR count). The summed E-state index contributed by atoms with van der Waals surface area (Å²) in [7, 11) is 1.16. The highest BCUT2D eigenvalue weighted by molar-refractivity contribution is 6.37. The molecule has 4 nitrogen and oxygen atoms in total. The summed E-state index contributed by atoms with van der Waals surface area (Å²) >= 11 is 11.5. The quantitative estimate of drug-likeness (QED) is 0.273. The number of carbonyl (C=O) groups is 2. The Balaban J connectivity index is 2.32. The number of carbonyl (C=O) groups excluding carboxylic acids is 2. The highest BCUT2D eigenvalue weighted by Gasteiger charge is 2.30. The van der Waals surface area contributed by atoms with E-state index >= 15 is 0 Å². The summed E-state index contributed by atoms with van der Waals surface area (Å²) in [5.74, 6) is -3.47. The first kappa shape index (κ1) is 15.9. The Bertz CT molecular complexity index is 614. The third kappa shape index (κ3) is 3.80. The standard InChI is InChI=1S/C14H12Cl2FNO3/c1-21-14(20)9(6-18-7-2-3-7)13(19)8-4-12(17)11(16)5-10(8)15/h4-7,9H,2-3H2,1H3. The van der Waals surface area contributed by atoms with Crippen LogP contribution in [0.2, 0.25) is 10.0 Å². The Hall–Kier alpha value is -1.46. The van der Waals surface area contributed by atoms with Crippen LogP contribution in [0.5, 0.6) is 0 Å². The topological polar surface area (TPSA) is 55.7 Å². The van der Waals surface area contributed by atoms with E-state index in [2.05, 4.69) is 9.73 Å². The fraction of sp³-hybridized carbons (Fsp3) is 0.357. The molecule has 1 unspecified atom stereocenters. The zero-order valence-corrected chi connectivity index (χ0v) is 12.6. The van der Waals surface area contributed by atoms with E-state index in [0.717, 1.165) is 32.1 Å². The van der Waals surface area contributed by atoms with Crippen LogP contribution in [0.3, 0.4) is 0 Å². The Morgan fingerprint density at radius 2 is 2.05 bits per heavy atom. The lowest BCUT2D eigenvalue weighted by Crippen LogP contribution is -2.27. The second-order valence-electron chi connectivity index (χ2n) is 4.64. The highest BCUT2D eigenvalue weighted by Crippen LogP contribution is 2.27. The molecule has 0 bridgehead atoms. The molecule has 1 fully saturated rings. The van der Waals surface area contributed by atoms with E-state index in [0.29, 0.717) is 0 Å². The second-order valence-corrected chi connectivity index (χ2v) is 5.45. The Labute approximate surface area is 130 Å². The molecule has 0 aromatic heterocycles. The zero-order valence-electron chi connectivity index (χ0n) is 11.1. The summed E-state index contributed by atoms with van der Waals surface area (Å²) in [5, 5.41) is -0.224. The highest BCUT2D eigenvalue weighted by atomic mass is 35.5. The number of hydrogen-bond acceptors (Lipinski definition) is 4. The van der Waals surface area contributed by atoms with E-state index in [9.17, 15) is 14.0 Å². The maximum Gasteiger partial charge on any atom is 0.322 e. The fourth-order valence-electron chi connectivity index (χ4n) is 1.67. The number of methoxy groups -OCH3 is 1. The molecule has 0 amide bonds. The van der Waals surface area contributed by atoms with E-state index in [4.69, 9.17) is 23.2 Å². The lowest BCUT2D eigenvalue weighted by atomic mass is 9.98. The molecule has 1 aromatic rings. The first-order valence-electron chi connectivity index (χ1n) is 6.24. The van der Waals surface area contributed by atoms with Crippen molar-refractivity contribution < 1.29 is 18.7 Å². The zero-order chi connectivity index (χ0) is 15.6. The van der Waals surface area contributed by atoms with Gasteiger partial charge >= 0.3 is 5.97 Å². The molecule has 1 atom stereocenters. The minimum Gasteiger partial charge on any atom is -0.468 e. The van der Waals surface area contributed by atoms with Gasteiger partial charge in [0.2, 0.25) is 0 Å². The molecular formula is C14H12Cl2FNO3. The number of ether oxygens (including phenoxy) is 1. The molecule has 7 heteroatoms. The van der Waals surface area contributed by atoms with Crippen molar-refractivity contribution in [2.45, 2.75) is 18.9 Å². The number of aliphatic imine (C=N–C) groups is 1.